The molecule has 4 nitrogen and oxygen atoms in total. The quantitative estimate of drug-likeness (QED) is 0.606. The highest BCUT2D eigenvalue weighted by molar-refractivity contribution is 9.10. The lowest BCUT2D eigenvalue weighted by atomic mass is 10.2. The number of nitrogens with zero attached hydrogens (tertiary/aromatic N) is 2. The van der Waals surface area contributed by atoms with Gasteiger partial charge in [0.1, 0.15) is 28.6 Å². The van der Waals surface area contributed by atoms with Crippen molar-refractivity contribution in [1.82, 2.24) is 9.97 Å². The molecule has 21 heavy (non-hydrogen) atoms. The van der Waals surface area contributed by atoms with E-state index in [-0.39, 0.29) is 0 Å². The summed E-state index contributed by atoms with van der Waals surface area (Å²) >= 11 is 3.41. The zero-order valence-corrected chi connectivity index (χ0v) is 14.0. The third-order valence-electron chi connectivity index (χ3n) is 2.88. The lowest BCUT2D eigenvalue weighted by Crippen LogP contribution is -2.13. The number of hydrogen-bond acceptors (Lipinski definition) is 4. The summed E-state index contributed by atoms with van der Waals surface area (Å²) in [6.07, 6.45) is 1.92. The number of anilines is 1. The summed E-state index contributed by atoms with van der Waals surface area (Å²) in [5.74, 6) is 2.58. The van der Waals surface area contributed by atoms with E-state index in [1.165, 1.54) is 5.56 Å². The largest absolute Gasteiger partial charge is 0.492 e. The van der Waals surface area contributed by atoms with Crippen LogP contribution >= 0.6 is 15.9 Å². The summed E-state index contributed by atoms with van der Waals surface area (Å²) in [5.41, 5.74) is 1.20. The standard InChI is InChI=1S/C16H20BrN3O/c1-3-5-15-19-14(17)11-16(20-15)18-8-9-21-13-7-4-6-12(2)10-13/h4,6-7,10-11H,3,5,8-9H2,1-2H3,(H,18,19,20). The number of aryl methyl sites for hydroxylation is 2. The van der Waals surface area contributed by atoms with Crippen molar-refractivity contribution >= 4 is 21.7 Å². The first-order valence-electron chi connectivity index (χ1n) is 7.14. The van der Waals surface area contributed by atoms with E-state index >= 15 is 0 Å². The Kier molecular flexibility index (Phi) is 5.99. The van der Waals surface area contributed by atoms with Gasteiger partial charge in [-0.05, 0) is 47.0 Å². The van der Waals surface area contributed by atoms with E-state index < -0.39 is 0 Å². The molecule has 0 fully saturated rings. The molecule has 1 aromatic carbocycles. The third kappa shape index (κ3) is 5.34. The summed E-state index contributed by atoms with van der Waals surface area (Å²) in [4.78, 5) is 8.82. The van der Waals surface area contributed by atoms with Crippen molar-refractivity contribution in [3.8, 4) is 5.75 Å². The molecule has 0 aliphatic rings. The number of halogens is 1. The average molecular weight is 350 g/mol. The Morgan fingerprint density at radius 2 is 2.10 bits per heavy atom. The van der Waals surface area contributed by atoms with Crippen molar-refractivity contribution in [3.05, 3.63) is 46.3 Å². The number of aromatic nitrogens is 2. The molecule has 0 saturated heterocycles. The molecule has 0 aliphatic heterocycles. The topological polar surface area (TPSA) is 47.0 Å². The molecule has 0 bridgehead atoms. The van der Waals surface area contributed by atoms with Crippen LogP contribution in [0.1, 0.15) is 24.7 Å². The van der Waals surface area contributed by atoms with Gasteiger partial charge in [0, 0.05) is 12.5 Å². The van der Waals surface area contributed by atoms with Crippen LogP contribution in [-0.4, -0.2) is 23.1 Å². The maximum Gasteiger partial charge on any atom is 0.132 e. The van der Waals surface area contributed by atoms with Gasteiger partial charge < -0.3 is 10.1 Å². The molecule has 2 rings (SSSR count). The summed E-state index contributed by atoms with van der Waals surface area (Å²) < 4.78 is 6.51. The van der Waals surface area contributed by atoms with Gasteiger partial charge in [-0.15, -0.1) is 0 Å². The molecule has 0 unspecified atom stereocenters. The molecular formula is C16H20BrN3O. The second kappa shape index (κ2) is 7.98. The minimum atomic E-state index is 0.591. The fourth-order valence-electron chi connectivity index (χ4n) is 1.94. The maximum atomic E-state index is 5.70. The molecule has 1 N–H and O–H groups in total. The van der Waals surface area contributed by atoms with Crippen molar-refractivity contribution in [1.29, 1.82) is 0 Å². The van der Waals surface area contributed by atoms with Gasteiger partial charge in [-0.1, -0.05) is 19.1 Å². The van der Waals surface area contributed by atoms with Gasteiger partial charge in [0.05, 0.1) is 6.54 Å². The van der Waals surface area contributed by atoms with Gasteiger partial charge in [0.15, 0.2) is 0 Å². The number of rotatable bonds is 7. The van der Waals surface area contributed by atoms with Crippen molar-refractivity contribution in [2.75, 3.05) is 18.5 Å². The molecule has 0 aliphatic carbocycles. The predicted octanol–water partition coefficient (Wildman–Crippen LogP) is 3.99. The van der Waals surface area contributed by atoms with Crippen molar-refractivity contribution in [2.24, 2.45) is 0 Å². The molecule has 0 amide bonds. The molecule has 0 spiro atoms. The number of ether oxygens (including phenoxy) is 1. The molecule has 5 heteroatoms. The predicted molar refractivity (Wildman–Crippen MR) is 88.9 cm³/mol. The number of nitrogens with one attached hydrogen (secondary N) is 1. The van der Waals surface area contributed by atoms with E-state index in [2.05, 4.69) is 51.1 Å². The molecule has 1 aromatic heterocycles. The lowest BCUT2D eigenvalue weighted by Gasteiger charge is -2.09. The Morgan fingerprint density at radius 3 is 2.86 bits per heavy atom. The van der Waals surface area contributed by atoms with E-state index in [0.29, 0.717) is 13.2 Å². The summed E-state index contributed by atoms with van der Waals surface area (Å²) in [6, 6.07) is 9.93. The number of benzene rings is 1. The van der Waals surface area contributed by atoms with Crippen LogP contribution < -0.4 is 10.1 Å². The molecule has 2 aromatic rings. The first-order valence-corrected chi connectivity index (χ1v) is 7.93. The Hall–Kier alpha value is -1.62. The van der Waals surface area contributed by atoms with Crippen LogP contribution in [0.25, 0.3) is 0 Å². The second-order valence-corrected chi connectivity index (χ2v) is 5.65. The lowest BCUT2D eigenvalue weighted by molar-refractivity contribution is 0.332. The zero-order valence-electron chi connectivity index (χ0n) is 12.4. The molecule has 0 radical (unpaired) electrons. The molecule has 1 heterocycles. The number of hydrogen-bond donors (Lipinski definition) is 1. The average Bonchev–Trinajstić information content (AvgIpc) is 2.43. The fraction of sp³-hybridized carbons (Fsp3) is 0.375. The Labute approximate surface area is 134 Å². The van der Waals surface area contributed by atoms with Gasteiger partial charge in [-0.3, -0.25) is 0 Å². The van der Waals surface area contributed by atoms with Crippen LogP contribution in [0.5, 0.6) is 5.75 Å². The summed E-state index contributed by atoms with van der Waals surface area (Å²) in [5, 5.41) is 3.26. The van der Waals surface area contributed by atoms with Crippen LogP contribution in [0.15, 0.2) is 34.9 Å². The van der Waals surface area contributed by atoms with Crippen LogP contribution in [0.3, 0.4) is 0 Å². The Balaban J connectivity index is 1.83. The second-order valence-electron chi connectivity index (χ2n) is 4.83. The SMILES string of the molecule is CCCc1nc(Br)cc(NCCOc2cccc(C)c2)n1. The fourth-order valence-corrected chi connectivity index (χ4v) is 2.37. The molecular weight excluding hydrogens is 330 g/mol. The van der Waals surface area contributed by atoms with E-state index in [1.807, 2.05) is 24.3 Å². The van der Waals surface area contributed by atoms with E-state index in [0.717, 1.165) is 34.8 Å². The van der Waals surface area contributed by atoms with Gasteiger partial charge in [-0.25, -0.2) is 9.97 Å². The Morgan fingerprint density at radius 1 is 1.24 bits per heavy atom. The van der Waals surface area contributed by atoms with Crippen molar-refractivity contribution in [3.63, 3.8) is 0 Å². The highest BCUT2D eigenvalue weighted by atomic mass is 79.9. The maximum absolute atomic E-state index is 5.70. The van der Waals surface area contributed by atoms with Crippen molar-refractivity contribution in [2.45, 2.75) is 26.7 Å². The first-order chi connectivity index (χ1) is 10.2. The van der Waals surface area contributed by atoms with Crippen LogP contribution in [0.4, 0.5) is 5.82 Å². The first kappa shape index (κ1) is 15.8. The van der Waals surface area contributed by atoms with Crippen LogP contribution in [-0.2, 0) is 6.42 Å². The Bertz CT molecular complexity index is 589. The summed E-state index contributed by atoms with van der Waals surface area (Å²) in [7, 11) is 0. The monoisotopic (exact) mass is 349 g/mol. The van der Waals surface area contributed by atoms with Crippen LogP contribution in [0, 0.1) is 6.92 Å². The highest BCUT2D eigenvalue weighted by Crippen LogP contribution is 2.14. The zero-order chi connectivity index (χ0) is 15.1. The van der Waals surface area contributed by atoms with E-state index in [9.17, 15) is 0 Å². The van der Waals surface area contributed by atoms with Gasteiger partial charge in [0.2, 0.25) is 0 Å². The minimum Gasteiger partial charge on any atom is -0.492 e. The van der Waals surface area contributed by atoms with Crippen LogP contribution in [0.2, 0.25) is 0 Å². The minimum absolute atomic E-state index is 0.591. The normalized spacial score (nSPS) is 10.4. The smallest absolute Gasteiger partial charge is 0.132 e. The highest BCUT2D eigenvalue weighted by Gasteiger charge is 2.02. The van der Waals surface area contributed by atoms with Gasteiger partial charge in [-0.2, -0.15) is 0 Å². The van der Waals surface area contributed by atoms with E-state index in [1.54, 1.807) is 0 Å². The van der Waals surface area contributed by atoms with Gasteiger partial charge >= 0.3 is 0 Å². The van der Waals surface area contributed by atoms with Crippen molar-refractivity contribution < 1.29 is 4.74 Å². The molecule has 0 atom stereocenters. The molecule has 0 saturated carbocycles. The summed E-state index contributed by atoms with van der Waals surface area (Å²) in [6.45, 7) is 5.46. The van der Waals surface area contributed by atoms with Gasteiger partial charge in [0.25, 0.3) is 0 Å². The molecule has 112 valence electrons. The van der Waals surface area contributed by atoms with E-state index in [4.69, 9.17) is 4.74 Å². The third-order valence-corrected chi connectivity index (χ3v) is 3.29.